The first-order valence-corrected chi connectivity index (χ1v) is 10.1. The van der Waals surface area contributed by atoms with Crippen molar-refractivity contribution in [3.63, 3.8) is 0 Å². The van der Waals surface area contributed by atoms with Crippen LogP contribution in [0.5, 0.6) is 0 Å². The van der Waals surface area contributed by atoms with Crippen LogP contribution in [0.1, 0.15) is 61.6 Å². The van der Waals surface area contributed by atoms with Crippen molar-refractivity contribution >= 4 is 29.1 Å². The van der Waals surface area contributed by atoms with Gasteiger partial charge in [-0.05, 0) is 35.4 Å². The lowest BCUT2D eigenvalue weighted by Gasteiger charge is -2.29. The van der Waals surface area contributed by atoms with Gasteiger partial charge in [0.25, 0.3) is 0 Å². The fourth-order valence-electron chi connectivity index (χ4n) is 3.16. The number of aromatic nitrogens is 2. The van der Waals surface area contributed by atoms with E-state index < -0.39 is 0 Å². The molecule has 6 heteroatoms. The Morgan fingerprint density at radius 3 is 2.59 bits per heavy atom. The third-order valence-electron chi connectivity index (χ3n) is 4.62. The average Bonchev–Trinajstić information content (AvgIpc) is 2.59. The number of nitrogens with one attached hydrogen (secondary N) is 1. The van der Waals surface area contributed by atoms with E-state index in [1.165, 1.54) is 17.3 Å². The minimum Gasteiger partial charge on any atom is -0.325 e. The average molecular weight is 384 g/mol. The van der Waals surface area contributed by atoms with E-state index in [0.29, 0.717) is 23.1 Å². The molecule has 0 saturated heterocycles. The number of ketones is 1. The third kappa shape index (κ3) is 4.95. The highest BCUT2D eigenvalue weighted by Gasteiger charge is 2.32. The lowest BCUT2D eigenvalue weighted by Crippen LogP contribution is -2.28. The molecule has 0 bridgehead atoms. The first-order valence-electron chi connectivity index (χ1n) is 9.15. The molecule has 3 rings (SSSR count). The van der Waals surface area contributed by atoms with Crippen LogP contribution in [-0.4, -0.2) is 27.4 Å². The standard InChI is InChI=1S/C21H25N3O2S/c1-13(2)14-5-7-15(8-6-14)23-19(26)12-27-20-22-11-16-17(24-20)9-21(3,4)10-18(16)25/h5-8,11,13H,9-10,12H2,1-4H3,(H,23,26). The van der Waals surface area contributed by atoms with E-state index in [1.54, 1.807) is 6.20 Å². The Labute approximate surface area is 164 Å². The predicted octanol–water partition coefficient (Wildman–Crippen LogP) is 4.49. The summed E-state index contributed by atoms with van der Waals surface area (Å²) in [7, 11) is 0. The van der Waals surface area contributed by atoms with Crippen molar-refractivity contribution < 1.29 is 9.59 Å². The zero-order valence-electron chi connectivity index (χ0n) is 16.2. The molecule has 0 saturated carbocycles. The summed E-state index contributed by atoms with van der Waals surface area (Å²) >= 11 is 1.28. The van der Waals surface area contributed by atoms with Crippen LogP contribution in [0.2, 0.25) is 0 Å². The van der Waals surface area contributed by atoms with E-state index in [0.717, 1.165) is 17.8 Å². The Bertz CT molecular complexity index is 860. The van der Waals surface area contributed by atoms with Gasteiger partial charge in [0.15, 0.2) is 10.9 Å². The summed E-state index contributed by atoms with van der Waals surface area (Å²) in [6.45, 7) is 8.41. The van der Waals surface area contributed by atoms with Crippen LogP contribution >= 0.6 is 11.8 Å². The van der Waals surface area contributed by atoms with E-state index in [9.17, 15) is 9.59 Å². The van der Waals surface area contributed by atoms with E-state index in [2.05, 4.69) is 43.0 Å². The zero-order valence-corrected chi connectivity index (χ0v) is 17.0. The van der Waals surface area contributed by atoms with Gasteiger partial charge in [0.05, 0.1) is 17.0 Å². The highest BCUT2D eigenvalue weighted by atomic mass is 32.2. The molecular weight excluding hydrogens is 358 g/mol. The Kier molecular flexibility index (Phi) is 5.65. The number of amides is 1. The molecule has 1 aromatic carbocycles. The Morgan fingerprint density at radius 1 is 1.22 bits per heavy atom. The number of thioether (sulfide) groups is 1. The van der Waals surface area contributed by atoms with Gasteiger partial charge >= 0.3 is 0 Å². The summed E-state index contributed by atoms with van der Waals surface area (Å²) in [6.07, 6.45) is 2.87. The summed E-state index contributed by atoms with van der Waals surface area (Å²) < 4.78 is 0. The summed E-state index contributed by atoms with van der Waals surface area (Å²) in [5, 5.41) is 3.42. The van der Waals surface area contributed by atoms with Crippen LogP contribution in [-0.2, 0) is 11.2 Å². The number of hydrogen-bond donors (Lipinski definition) is 1. The molecule has 27 heavy (non-hydrogen) atoms. The molecule has 1 aromatic heterocycles. The Hall–Kier alpha value is -2.21. The van der Waals surface area contributed by atoms with Crippen LogP contribution in [0.4, 0.5) is 5.69 Å². The highest BCUT2D eigenvalue weighted by molar-refractivity contribution is 7.99. The molecule has 1 N–H and O–H groups in total. The molecule has 1 amide bonds. The molecule has 0 radical (unpaired) electrons. The molecule has 2 aromatic rings. The molecule has 0 aliphatic heterocycles. The summed E-state index contributed by atoms with van der Waals surface area (Å²) in [5.41, 5.74) is 3.35. The van der Waals surface area contributed by atoms with Gasteiger partial charge in [0.2, 0.25) is 5.91 Å². The Balaban J connectivity index is 1.60. The molecule has 0 fully saturated rings. The number of benzene rings is 1. The maximum atomic E-state index is 12.2. The lowest BCUT2D eigenvalue weighted by atomic mass is 9.76. The van der Waals surface area contributed by atoms with Crippen LogP contribution in [0.25, 0.3) is 0 Å². The van der Waals surface area contributed by atoms with Crippen molar-refractivity contribution in [3.8, 4) is 0 Å². The molecule has 0 atom stereocenters. The van der Waals surface area contributed by atoms with Crippen LogP contribution in [0.15, 0.2) is 35.6 Å². The van der Waals surface area contributed by atoms with E-state index in [-0.39, 0.29) is 22.9 Å². The van der Waals surface area contributed by atoms with Crippen molar-refractivity contribution in [2.75, 3.05) is 11.1 Å². The normalized spacial score (nSPS) is 15.5. The largest absolute Gasteiger partial charge is 0.325 e. The minimum atomic E-state index is -0.102. The van der Waals surface area contributed by atoms with Gasteiger partial charge < -0.3 is 5.32 Å². The van der Waals surface area contributed by atoms with Gasteiger partial charge in [-0.15, -0.1) is 0 Å². The SMILES string of the molecule is CC(C)c1ccc(NC(=O)CSc2ncc3c(n2)CC(C)(C)CC3=O)cc1. The number of carbonyl (C=O) groups excluding carboxylic acids is 2. The number of anilines is 1. The van der Waals surface area contributed by atoms with Crippen LogP contribution in [0.3, 0.4) is 0 Å². The second-order valence-corrected chi connectivity index (χ2v) is 9.01. The molecule has 0 spiro atoms. The van der Waals surface area contributed by atoms with Gasteiger partial charge in [0, 0.05) is 18.3 Å². The van der Waals surface area contributed by atoms with E-state index in [4.69, 9.17) is 0 Å². The van der Waals surface area contributed by atoms with Gasteiger partial charge in [0.1, 0.15) is 0 Å². The summed E-state index contributed by atoms with van der Waals surface area (Å²) in [4.78, 5) is 33.2. The first kappa shape index (κ1) is 19.5. The second kappa shape index (κ2) is 7.80. The van der Waals surface area contributed by atoms with E-state index in [1.807, 2.05) is 24.3 Å². The maximum Gasteiger partial charge on any atom is 0.234 e. The molecule has 142 valence electrons. The van der Waals surface area contributed by atoms with Gasteiger partial charge in [-0.1, -0.05) is 51.6 Å². The van der Waals surface area contributed by atoms with Crippen LogP contribution < -0.4 is 5.32 Å². The number of nitrogens with zero attached hydrogens (tertiary/aromatic N) is 2. The number of fused-ring (bicyclic) bond motifs is 1. The molecule has 1 heterocycles. The second-order valence-electron chi connectivity index (χ2n) is 8.07. The quantitative estimate of drug-likeness (QED) is 0.608. The van der Waals surface area contributed by atoms with Crippen molar-refractivity contribution in [1.82, 2.24) is 9.97 Å². The van der Waals surface area contributed by atoms with Crippen molar-refractivity contribution in [1.29, 1.82) is 0 Å². The third-order valence-corrected chi connectivity index (χ3v) is 5.49. The van der Waals surface area contributed by atoms with Gasteiger partial charge in [-0.25, -0.2) is 9.97 Å². The molecule has 5 nitrogen and oxygen atoms in total. The number of rotatable bonds is 5. The highest BCUT2D eigenvalue weighted by Crippen LogP contribution is 2.34. The predicted molar refractivity (Wildman–Crippen MR) is 108 cm³/mol. The first-order chi connectivity index (χ1) is 12.7. The maximum absolute atomic E-state index is 12.2. The lowest BCUT2D eigenvalue weighted by molar-refractivity contribution is -0.113. The van der Waals surface area contributed by atoms with Gasteiger partial charge in [-0.2, -0.15) is 0 Å². The zero-order chi connectivity index (χ0) is 19.6. The molecular formula is C21H25N3O2S. The molecule has 0 unspecified atom stereocenters. The number of hydrogen-bond acceptors (Lipinski definition) is 5. The summed E-state index contributed by atoms with van der Waals surface area (Å²) in [6, 6.07) is 7.89. The monoisotopic (exact) mass is 383 g/mol. The van der Waals surface area contributed by atoms with Crippen molar-refractivity contribution in [3.05, 3.63) is 47.3 Å². The number of Topliss-reactive ketones (excluding diaryl/α,β-unsaturated/α-hetero) is 1. The molecule has 1 aliphatic rings. The molecule has 1 aliphatic carbocycles. The van der Waals surface area contributed by atoms with Crippen LogP contribution in [0, 0.1) is 5.41 Å². The fourth-order valence-corrected chi connectivity index (χ4v) is 3.79. The topological polar surface area (TPSA) is 72.0 Å². The Morgan fingerprint density at radius 2 is 1.93 bits per heavy atom. The van der Waals surface area contributed by atoms with Gasteiger partial charge in [-0.3, -0.25) is 9.59 Å². The van der Waals surface area contributed by atoms with Crippen molar-refractivity contribution in [2.45, 2.75) is 51.6 Å². The van der Waals surface area contributed by atoms with E-state index >= 15 is 0 Å². The minimum absolute atomic E-state index is 0.0834. The summed E-state index contributed by atoms with van der Waals surface area (Å²) in [5.74, 6) is 0.681. The van der Waals surface area contributed by atoms with Crippen molar-refractivity contribution in [2.24, 2.45) is 5.41 Å². The number of carbonyl (C=O) groups is 2. The fraction of sp³-hybridized carbons (Fsp3) is 0.429. The smallest absolute Gasteiger partial charge is 0.234 e.